The highest BCUT2D eigenvalue weighted by Crippen LogP contribution is 1.98. The zero-order valence-corrected chi connectivity index (χ0v) is 6.40. The van der Waals surface area contributed by atoms with Crippen molar-refractivity contribution in [2.75, 3.05) is 7.11 Å². The van der Waals surface area contributed by atoms with Crippen molar-refractivity contribution in [3.8, 4) is 0 Å². The molecule has 0 amide bonds. The van der Waals surface area contributed by atoms with E-state index in [-0.39, 0.29) is 0 Å². The molecule has 2 N–H and O–H groups in total. The van der Waals surface area contributed by atoms with Gasteiger partial charge in [0.05, 0.1) is 7.11 Å². The second-order valence-electron chi connectivity index (χ2n) is 1.01. The van der Waals surface area contributed by atoms with E-state index in [1.54, 1.807) is 0 Å². The van der Waals surface area contributed by atoms with Crippen molar-refractivity contribution >= 4 is 14.2 Å². The topological polar surface area (TPSA) is 83.8 Å². The van der Waals surface area contributed by atoms with Gasteiger partial charge in [-0.25, -0.2) is 4.79 Å². The summed E-state index contributed by atoms with van der Waals surface area (Å²) in [4.78, 5) is 24.2. The Balaban J connectivity index is 0. The summed E-state index contributed by atoms with van der Waals surface area (Å²) in [5.74, 6) is -0.394. The van der Waals surface area contributed by atoms with Gasteiger partial charge in [-0.3, -0.25) is 4.57 Å². The smallest absolute Gasteiger partial charge is 0.329 e. The number of rotatable bonds is 1. The molecule has 0 rings (SSSR count). The van der Waals surface area contributed by atoms with Gasteiger partial charge in [0.25, 0.3) is 0 Å². The third-order valence-corrected chi connectivity index (χ3v) is 0.368. The van der Waals surface area contributed by atoms with Crippen LogP contribution < -0.4 is 0 Å². The fourth-order valence-corrected chi connectivity index (χ4v) is 0.0833. The molecular formula is C4H9O5P. The highest BCUT2D eigenvalue weighted by Gasteiger charge is 1.81. The molecule has 0 unspecified atom stereocenters. The first-order valence-electron chi connectivity index (χ1n) is 2.16. The third-order valence-electron chi connectivity index (χ3n) is 0.368. The number of methoxy groups -OCH3 is 1. The number of esters is 1. The van der Waals surface area contributed by atoms with Gasteiger partial charge in [-0.1, -0.05) is 6.58 Å². The number of ether oxygens (including phenoxy) is 1. The van der Waals surface area contributed by atoms with E-state index in [1.807, 2.05) is 0 Å². The van der Waals surface area contributed by atoms with Crippen molar-refractivity contribution in [1.82, 2.24) is 0 Å². The molecule has 0 bridgehead atoms. The lowest BCUT2D eigenvalue weighted by Gasteiger charge is -1.83. The largest absolute Gasteiger partial charge is 0.466 e. The molecule has 0 saturated heterocycles. The summed E-state index contributed by atoms with van der Waals surface area (Å²) in [7, 11) is -1.82. The van der Waals surface area contributed by atoms with Crippen molar-refractivity contribution in [1.29, 1.82) is 0 Å². The molecule has 0 radical (unpaired) electrons. The molecule has 0 aliphatic rings. The number of carbonyl (C=O) groups is 1. The number of hydrogen-bond acceptors (Lipinski definition) is 3. The second kappa shape index (κ2) is 8.36. The van der Waals surface area contributed by atoms with Crippen LogP contribution >= 0.6 is 8.25 Å². The van der Waals surface area contributed by atoms with Gasteiger partial charge >= 0.3 is 14.2 Å². The van der Waals surface area contributed by atoms with Gasteiger partial charge in [0.15, 0.2) is 0 Å². The monoisotopic (exact) mass is 168 g/mol. The molecule has 0 aromatic heterocycles. The van der Waals surface area contributed by atoms with Crippen LogP contribution in [0.15, 0.2) is 12.7 Å². The Morgan fingerprint density at radius 2 is 2.00 bits per heavy atom. The maximum atomic E-state index is 9.84. The molecule has 10 heavy (non-hydrogen) atoms. The Labute approximate surface area is 58.9 Å². The van der Waals surface area contributed by atoms with Crippen molar-refractivity contribution in [3.63, 3.8) is 0 Å². The molecule has 0 spiro atoms. The van der Waals surface area contributed by atoms with Crippen molar-refractivity contribution < 1.29 is 23.9 Å². The van der Waals surface area contributed by atoms with Gasteiger partial charge in [0.2, 0.25) is 0 Å². The van der Waals surface area contributed by atoms with Crippen LogP contribution in [0.5, 0.6) is 0 Å². The van der Waals surface area contributed by atoms with E-state index in [0.717, 1.165) is 6.08 Å². The van der Waals surface area contributed by atoms with Crippen molar-refractivity contribution in [3.05, 3.63) is 12.7 Å². The highest BCUT2D eigenvalue weighted by molar-refractivity contribution is 7.30. The van der Waals surface area contributed by atoms with Crippen molar-refractivity contribution in [2.24, 2.45) is 0 Å². The van der Waals surface area contributed by atoms with Gasteiger partial charge in [-0.15, -0.1) is 0 Å². The molecule has 0 fully saturated rings. The molecule has 0 aliphatic carbocycles. The lowest BCUT2D eigenvalue weighted by atomic mass is 10.7. The molecule has 0 aromatic carbocycles. The predicted molar refractivity (Wildman–Crippen MR) is 35.7 cm³/mol. The van der Waals surface area contributed by atoms with Gasteiger partial charge in [0.1, 0.15) is 0 Å². The summed E-state index contributed by atoms with van der Waals surface area (Å²) in [5, 5.41) is 0. The van der Waals surface area contributed by atoms with Crippen LogP contribution in [0.4, 0.5) is 0 Å². The summed E-state index contributed by atoms with van der Waals surface area (Å²) >= 11 is 0. The Bertz CT molecular complexity index is 128. The summed E-state index contributed by atoms with van der Waals surface area (Å²) in [6.45, 7) is 3.16. The lowest BCUT2D eigenvalue weighted by molar-refractivity contribution is -0.134. The summed E-state index contributed by atoms with van der Waals surface area (Å²) in [5.41, 5.74) is 0. The Hall–Kier alpha value is -0.640. The van der Waals surface area contributed by atoms with E-state index in [0.29, 0.717) is 0 Å². The van der Waals surface area contributed by atoms with Gasteiger partial charge in [-0.2, -0.15) is 0 Å². The minimum Gasteiger partial charge on any atom is -0.466 e. The molecular weight excluding hydrogens is 159 g/mol. The molecule has 0 aliphatic heterocycles. The van der Waals surface area contributed by atoms with E-state index in [4.69, 9.17) is 14.4 Å². The van der Waals surface area contributed by atoms with Gasteiger partial charge in [0, 0.05) is 6.08 Å². The molecule has 60 valence electrons. The minimum atomic E-state index is -3.13. The van der Waals surface area contributed by atoms with Crippen LogP contribution in [0, 0.1) is 0 Å². The first-order chi connectivity index (χ1) is 4.54. The maximum absolute atomic E-state index is 9.84. The molecule has 0 atom stereocenters. The first-order valence-corrected chi connectivity index (χ1v) is 3.47. The summed E-state index contributed by atoms with van der Waals surface area (Å²) in [6.07, 6.45) is 1.11. The van der Waals surface area contributed by atoms with Crippen LogP contribution in [0.1, 0.15) is 0 Å². The lowest BCUT2D eigenvalue weighted by Crippen LogP contribution is -1.91. The Morgan fingerprint density at radius 1 is 1.70 bits per heavy atom. The molecule has 6 heteroatoms. The highest BCUT2D eigenvalue weighted by atomic mass is 31.1. The predicted octanol–water partition coefficient (Wildman–Crippen LogP) is -0.294. The van der Waals surface area contributed by atoms with E-state index < -0.39 is 14.2 Å². The maximum Gasteiger partial charge on any atom is 0.329 e. The van der Waals surface area contributed by atoms with Crippen LogP contribution in [0.2, 0.25) is 0 Å². The quantitative estimate of drug-likeness (QED) is 0.319. The van der Waals surface area contributed by atoms with E-state index >= 15 is 0 Å². The van der Waals surface area contributed by atoms with Crippen molar-refractivity contribution in [2.45, 2.75) is 0 Å². The average molecular weight is 168 g/mol. The fraction of sp³-hybridized carbons (Fsp3) is 0.250. The minimum absolute atomic E-state index is 0.394. The molecule has 5 nitrogen and oxygen atoms in total. The Kier molecular flexibility index (Phi) is 10.1. The second-order valence-corrected chi connectivity index (χ2v) is 1.58. The zero-order chi connectivity index (χ0) is 8.57. The van der Waals surface area contributed by atoms with Gasteiger partial charge in [-0.05, 0) is 0 Å². The van der Waals surface area contributed by atoms with Crippen LogP contribution in [-0.2, 0) is 14.1 Å². The Morgan fingerprint density at radius 3 is 2.00 bits per heavy atom. The standard InChI is InChI=1S/C4H6O2.H3O3P/c1-3-4(5)6-2;1-4(2)3/h3H,1H2,2H3;4H,(H2,1,2,3). The average Bonchev–Trinajstić information content (AvgIpc) is 1.85. The van der Waals surface area contributed by atoms with Gasteiger partial charge < -0.3 is 14.5 Å². The third kappa shape index (κ3) is 26.4. The number of hydrogen-bond donors (Lipinski definition) is 2. The van der Waals surface area contributed by atoms with E-state index in [9.17, 15) is 4.79 Å². The van der Waals surface area contributed by atoms with E-state index in [2.05, 4.69) is 11.3 Å². The summed E-state index contributed by atoms with van der Waals surface area (Å²) in [6, 6.07) is 0. The van der Waals surface area contributed by atoms with Crippen LogP contribution in [0.25, 0.3) is 0 Å². The first kappa shape index (κ1) is 12.1. The number of carbonyl (C=O) groups excluding carboxylic acids is 1. The van der Waals surface area contributed by atoms with Crippen LogP contribution in [-0.4, -0.2) is 22.9 Å². The SMILES string of the molecule is C=CC(=O)OC.O=[PH](O)O. The normalized spacial score (nSPS) is 7.60. The molecule has 0 saturated carbocycles. The fourth-order valence-electron chi connectivity index (χ4n) is 0.0833. The molecule has 0 aromatic rings. The zero-order valence-electron chi connectivity index (χ0n) is 5.40. The van der Waals surface area contributed by atoms with E-state index in [1.165, 1.54) is 7.11 Å². The molecule has 0 heterocycles. The summed E-state index contributed by atoms with van der Waals surface area (Å²) < 4.78 is 12.9. The van der Waals surface area contributed by atoms with Crippen LogP contribution in [0.3, 0.4) is 0 Å².